The van der Waals surface area contributed by atoms with Gasteiger partial charge in [0.15, 0.2) is 5.16 Å². The molecule has 0 saturated carbocycles. The van der Waals surface area contributed by atoms with Crippen LogP contribution >= 0.6 is 23.1 Å². The van der Waals surface area contributed by atoms with Crippen molar-refractivity contribution >= 4 is 50.6 Å². The predicted molar refractivity (Wildman–Crippen MR) is 109 cm³/mol. The smallest absolute Gasteiger partial charge is 0.292 e. The lowest BCUT2D eigenvalue weighted by atomic mass is 9.97. The number of aromatic amines is 1. The van der Waals surface area contributed by atoms with Crippen molar-refractivity contribution < 1.29 is 9.72 Å². The van der Waals surface area contributed by atoms with E-state index in [1.54, 1.807) is 17.4 Å². The summed E-state index contributed by atoms with van der Waals surface area (Å²) in [7, 11) is 0. The summed E-state index contributed by atoms with van der Waals surface area (Å²) < 4.78 is 0. The number of nitro benzene ring substituents is 1. The van der Waals surface area contributed by atoms with E-state index in [-0.39, 0.29) is 22.7 Å². The lowest BCUT2D eigenvalue weighted by Crippen LogP contribution is -2.16. The molecule has 3 aromatic rings. The molecule has 1 amide bonds. The number of carbonyl (C=O) groups excluding carboxylic acids is 1. The molecule has 144 valence electrons. The summed E-state index contributed by atoms with van der Waals surface area (Å²) in [4.78, 5) is 44.4. The molecule has 4 rings (SSSR count). The van der Waals surface area contributed by atoms with Crippen molar-refractivity contribution in [1.82, 2.24) is 9.97 Å². The number of thioether (sulfide) groups is 1. The number of hydrogen-bond donors (Lipinski definition) is 2. The number of rotatable bonds is 5. The summed E-state index contributed by atoms with van der Waals surface area (Å²) in [6.45, 7) is 0. The molecule has 2 heterocycles. The number of nitro groups is 1. The average Bonchev–Trinajstić information content (AvgIpc) is 3.05. The first-order chi connectivity index (χ1) is 13.5. The maximum absolute atomic E-state index is 12.5. The van der Waals surface area contributed by atoms with E-state index in [9.17, 15) is 19.7 Å². The van der Waals surface area contributed by atoms with Crippen LogP contribution in [-0.4, -0.2) is 26.6 Å². The number of carbonyl (C=O) groups is 1. The van der Waals surface area contributed by atoms with E-state index in [1.165, 1.54) is 23.1 Å². The number of benzene rings is 1. The standard InChI is InChI=1S/C18H16N4O4S2/c23-14(19-11-6-2-3-7-12(11)22(25)26)9-27-18-20-16(24)15-10-5-1-4-8-13(10)28-17(15)21-18/h2-3,6-7H,1,4-5,8-9H2,(H,19,23)(H,20,21,24). The van der Waals surface area contributed by atoms with Crippen molar-refractivity contribution in [2.45, 2.75) is 30.8 Å². The Morgan fingerprint density at radius 3 is 2.93 bits per heavy atom. The van der Waals surface area contributed by atoms with Gasteiger partial charge in [-0.15, -0.1) is 11.3 Å². The minimum Gasteiger partial charge on any atom is -0.320 e. The number of amides is 1. The molecule has 1 aliphatic rings. The van der Waals surface area contributed by atoms with Crippen molar-refractivity contribution in [3.63, 3.8) is 0 Å². The van der Waals surface area contributed by atoms with Gasteiger partial charge in [-0.1, -0.05) is 23.9 Å². The Balaban J connectivity index is 1.49. The SMILES string of the molecule is O=C(CSc1nc2sc3c(c2c(=O)[nH]1)CCCC3)Nc1ccccc1[N+](=O)[O-]. The number of aryl methyl sites for hydroxylation is 2. The van der Waals surface area contributed by atoms with Crippen molar-refractivity contribution in [1.29, 1.82) is 0 Å². The van der Waals surface area contributed by atoms with Crippen LogP contribution < -0.4 is 10.9 Å². The number of anilines is 1. The lowest BCUT2D eigenvalue weighted by Gasteiger charge is -2.09. The summed E-state index contributed by atoms with van der Waals surface area (Å²) in [6, 6.07) is 5.95. The first-order valence-electron chi connectivity index (χ1n) is 8.73. The third-order valence-electron chi connectivity index (χ3n) is 4.52. The van der Waals surface area contributed by atoms with Crippen LogP contribution in [0.4, 0.5) is 11.4 Å². The van der Waals surface area contributed by atoms with Crippen LogP contribution in [0.15, 0.2) is 34.2 Å². The highest BCUT2D eigenvalue weighted by Crippen LogP contribution is 2.34. The van der Waals surface area contributed by atoms with E-state index in [4.69, 9.17) is 0 Å². The Bertz CT molecular complexity index is 1140. The normalized spacial score (nSPS) is 13.3. The molecule has 0 radical (unpaired) electrons. The largest absolute Gasteiger partial charge is 0.320 e. The van der Waals surface area contributed by atoms with Crippen molar-refractivity contribution in [3.8, 4) is 0 Å². The Morgan fingerprint density at radius 1 is 1.32 bits per heavy atom. The highest BCUT2D eigenvalue weighted by Gasteiger charge is 2.20. The fourth-order valence-corrected chi connectivity index (χ4v) is 5.25. The second-order valence-electron chi connectivity index (χ2n) is 6.37. The summed E-state index contributed by atoms with van der Waals surface area (Å²) in [6.07, 6.45) is 4.10. The van der Waals surface area contributed by atoms with Gasteiger partial charge in [-0.25, -0.2) is 4.98 Å². The van der Waals surface area contributed by atoms with E-state index in [1.807, 2.05) is 0 Å². The van der Waals surface area contributed by atoms with Crippen LogP contribution in [0.25, 0.3) is 10.2 Å². The van der Waals surface area contributed by atoms with Crippen molar-refractivity contribution in [3.05, 3.63) is 55.2 Å². The molecule has 0 unspecified atom stereocenters. The summed E-state index contributed by atoms with van der Waals surface area (Å²) in [5.41, 5.74) is 0.913. The summed E-state index contributed by atoms with van der Waals surface area (Å²) >= 11 is 2.65. The molecule has 2 aromatic heterocycles. The van der Waals surface area contributed by atoms with Gasteiger partial charge >= 0.3 is 0 Å². The van der Waals surface area contributed by atoms with Gasteiger partial charge in [0.2, 0.25) is 5.91 Å². The lowest BCUT2D eigenvalue weighted by molar-refractivity contribution is -0.383. The molecule has 0 spiro atoms. The average molecular weight is 416 g/mol. The number of para-hydroxylation sites is 2. The topological polar surface area (TPSA) is 118 Å². The quantitative estimate of drug-likeness (QED) is 0.284. The van der Waals surface area contributed by atoms with Gasteiger partial charge in [0.1, 0.15) is 10.5 Å². The summed E-state index contributed by atoms with van der Waals surface area (Å²) in [5.74, 6) is -0.432. The van der Waals surface area contributed by atoms with Crippen LogP contribution in [0.2, 0.25) is 0 Å². The van der Waals surface area contributed by atoms with Gasteiger partial charge in [0, 0.05) is 10.9 Å². The molecule has 0 fully saturated rings. The number of hydrogen-bond acceptors (Lipinski definition) is 7. The third kappa shape index (κ3) is 3.65. The zero-order valence-electron chi connectivity index (χ0n) is 14.7. The Labute approximate surface area is 167 Å². The van der Waals surface area contributed by atoms with Gasteiger partial charge < -0.3 is 10.3 Å². The minimum absolute atomic E-state index is 0.0222. The van der Waals surface area contributed by atoms with Gasteiger partial charge in [-0.2, -0.15) is 0 Å². The predicted octanol–water partition coefficient (Wildman–Crippen LogP) is 3.50. The molecular formula is C18H16N4O4S2. The summed E-state index contributed by atoms with van der Waals surface area (Å²) in [5, 5.41) is 14.6. The molecule has 0 bridgehead atoms. The molecular weight excluding hydrogens is 400 g/mol. The first-order valence-corrected chi connectivity index (χ1v) is 10.5. The maximum Gasteiger partial charge on any atom is 0.292 e. The van der Waals surface area contributed by atoms with Crippen LogP contribution in [0.3, 0.4) is 0 Å². The maximum atomic E-state index is 12.5. The zero-order valence-corrected chi connectivity index (χ0v) is 16.3. The molecule has 1 aliphatic carbocycles. The Morgan fingerprint density at radius 2 is 2.11 bits per heavy atom. The van der Waals surface area contributed by atoms with E-state index < -0.39 is 10.8 Å². The zero-order chi connectivity index (χ0) is 19.7. The minimum atomic E-state index is -0.547. The molecule has 1 aromatic carbocycles. The van der Waals surface area contributed by atoms with E-state index in [2.05, 4.69) is 15.3 Å². The Kier molecular flexibility index (Phi) is 5.14. The number of nitrogens with one attached hydrogen (secondary N) is 2. The van der Waals surface area contributed by atoms with Crippen LogP contribution in [0.5, 0.6) is 0 Å². The highest BCUT2D eigenvalue weighted by atomic mass is 32.2. The molecule has 0 aliphatic heterocycles. The molecule has 0 atom stereocenters. The number of fused-ring (bicyclic) bond motifs is 3. The molecule has 10 heteroatoms. The fraction of sp³-hybridized carbons (Fsp3) is 0.278. The third-order valence-corrected chi connectivity index (χ3v) is 6.58. The van der Waals surface area contributed by atoms with Gasteiger partial charge in [0.05, 0.1) is 16.1 Å². The fourth-order valence-electron chi connectivity index (χ4n) is 3.27. The number of nitrogens with zero attached hydrogens (tertiary/aromatic N) is 2. The van der Waals surface area contributed by atoms with Crippen molar-refractivity contribution in [2.24, 2.45) is 0 Å². The van der Waals surface area contributed by atoms with E-state index in [0.717, 1.165) is 43.0 Å². The number of H-pyrrole nitrogens is 1. The van der Waals surface area contributed by atoms with Gasteiger partial charge in [-0.3, -0.25) is 19.7 Å². The molecule has 2 N–H and O–H groups in total. The molecule has 8 nitrogen and oxygen atoms in total. The van der Waals surface area contributed by atoms with E-state index >= 15 is 0 Å². The van der Waals surface area contributed by atoms with Crippen molar-refractivity contribution in [2.75, 3.05) is 11.1 Å². The van der Waals surface area contributed by atoms with Crippen LogP contribution in [0, 0.1) is 10.1 Å². The van der Waals surface area contributed by atoms with Gasteiger partial charge in [0.25, 0.3) is 11.2 Å². The molecule has 28 heavy (non-hydrogen) atoms. The van der Waals surface area contributed by atoms with E-state index in [0.29, 0.717) is 15.4 Å². The monoisotopic (exact) mass is 416 g/mol. The first kappa shape index (κ1) is 18.6. The number of aromatic nitrogens is 2. The second-order valence-corrected chi connectivity index (χ2v) is 8.42. The highest BCUT2D eigenvalue weighted by molar-refractivity contribution is 7.99. The van der Waals surface area contributed by atoms with Gasteiger partial charge in [-0.05, 0) is 37.3 Å². The second kappa shape index (κ2) is 7.72. The van der Waals surface area contributed by atoms with Crippen LogP contribution in [-0.2, 0) is 17.6 Å². The molecule has 0 saturated heterocycles. The number of thiophene rings is 1. The van der Waals surface area contributed by atoms with Crippen LogP contribution in [0.1, 0.15) is 23.3 Å². The Hall–Kier alpha value is -2.72.